The van der Waals surface area contributed by atoms with Gasteiger partial charge >= 0.3 is 6.03 Å². The number of nitrogens with zero attached hydrogens (tertiary/aromatic N) is 3. The molecule has 55 heavy (non-hydrogen) atoms. The third-order valence-electron chi connectivity index (χ3n) is 10.3. The summed E-state index contributed by atoms with van der Waals surface area (Å²) < 4.78 is 47.3. The van der Waals surface area contributed by atoms with Crippen LogP contribution < -0.4 is 25.4 Å². The van der Waals surface area contributed by atoms with E-state index in [1.54, 1.807) is 23.5 Å². The highest BCUT2D eigenvalue weighted by Gasteiger charge is 2.62. The van der Waals surface area contributed by atoms with Crippen molar-refractivity contribution in [2.45, 2.75) is 86.8 Å². The Hall–Kier alpha value is -4.90. The van der Waals surface area contributed by atoms with Crippen LogP contribution in [0.25, 0.3) is 23.2 Å². The molecule has 3 aromatic rings. The van der Waals surface area contributed by atoms with E-state index in [9.17, 15) is 32.0 Å². The van der Waals surface area contributed by atoms with Gasteiger partial charge < -0.3 is 25.6 Å². The van der Waals surface area contributed by atoms with Gasteiger partial charge in [-0.05, 0) is 74.3 Å². The molecule has 5 amide bonds. The van der Waals surface area contributed by atoms with Crippen molar-refractivity contribution in [3.05, 3.63) is 64.5 Å². The second kappa shape index (κ2) is 16.5. The van der Waals surface area contributed by atoms with Crippen LogP contribution in [0.15, 0.2) is 53.9 Å². The van der Waals surface area contributed by atoms with E-state index in [0.717, 1.165) is 17.7 Å². The predicted molar refractivity (Wildman–Crippen MR) is 205 cm³/mol. The van der Waals surface area contributed by atoms with Gasteiger partial charge in [-0.1, -0.05) is 43.2 Å². The molecule has 7 rings (SSSR count). The van der Waals surface area contributed by atoms with E-state index in [4.69, 9.17) is 14.7 Å². The van der Waals surface area contributed by atoms with Crippen LogP contribution in [0.2, 0.25) is 0 Å². The molecule has 1 saturated heterocycles. The first-order valence-electron chi connectivity index (χ1n) is 18.7. The Morgan fingerprint density at radius 2 is 1.85 bits per heavy atom. The summed E-state index contributed by atoms with van der Waals surface area (Å²) in [5.74, 6) is -2.27. The third-order valence-corrected chi connectivity index (χ3v) is 13.0. The number of alkyl halides is 1. The van der Waals surface area contributed by atoms with E-state index in [-0.39, 0.29) is 38.2 Å². The minimum atomic E-state index is -3.91. The van der Waals surface area contributed by atoms with Gasteiger partial charge in [-0.2, -0.15) is 0 Å². The zero-order valence-electron chi connectivity index (χ0n) is 30.1. The summed E-state index contributed by atoms with van der Waals surface area (Å²) in [6.45, 7) is -1.09. The lowest BCUT2D eigenvalue weighted by atomic mass is 10.0. The van der Waals surface area contributed by atoms with Crippen molar-refractivity contribution in [1.82, 2.24) is 35.5 Å². The molecule has 4 heterocycles. The molecule has 2 aliphatic carbocycles. The van der Waals surface area contributed by atoms with Gasteiger partial charge in [0.15, 0.2) is 0 Å². The highest BCUT2D eigenvalue weighted by Crippen LogP contribution is 2.46. The number of halogens is 1. The maximum Gasteiger partial charge on any atom is 0.315 e. The predicted octanol–water partition coefficient (Wildman–Crippen LogP) is 3.85. The fraction of sp³-hybridized carbons (Fsp3) is 0.474. The molecule has 5 atom stereocenters. The molecular weight excluding hydrogens is 750 g/mol. The fourth-order valence-electron chi connectivity index (χ4n) is 7.12. The van der Waals surface area contributed by atoms with Crippen molar-refractivity contribution in [2.75, 3.05) is 19.8 Å². The van der Waals surface area contributed by atoms with Crippen LogP contribution in [0.3, 0.4) is 0 Å². The quantitative estimate of drug-likeness (QED) is 0.221. The molecule has 3 fully saturated rings. The Bertz CT molecular complexity index is 2090. The van der Waals surface area contributed by atoms with Crippen LogP contribution in [-0.2, 0) is 24.4 Å². The smallest absolute Gasteiger partial charge is 0.315 e. The molecule has 4 aliphatic rings. The monoisotopic (exact) mass is 793 g/mol. The minimum absolute atomic E-state index is 0.000492. The van der Waals surface area contributed by atoms with Gasteiger partial charge in [0.05, 0.1) is 22.8 Å². The summed E-state index contributed by atoms with van der Waals surface area (Å²) >= 11 is 1.55. The van der Waals surface area contributed by atoms with Crippen molar-refractivity contribution in [1.29, 1.82) is 0 Å². The number of amides is 5. The lowest BCUT2D eigenvalue weighted by Crippen LogP contribution is -2.58. The summed E-state index contributed by atoms with van der Waals surface area (Å²) in [5.41, 5.74) is 0.140. The molecule has 1 aromatic carbocycles. The zero-order valence-corrected chi connectivity index (χ0v) is 31.7. The number of aromatic nitrogens is 2. The number of para-hydroxylation sites is 2. The molecule has 0 radical (unpaired) electrons. The molecule has 2 aliphatic heterocycles. The number of carbonyl (C=O) groups is 4. The summed E-state index contributed by atoms with van der Waals surface area (Å²) in [7, 11) is -3.91. The molecule has 0 bridgehead atoms. The van der Waals surface area contributed by atoms with Gasteiger partial charge in [0.1, 0.15) is 36.1 Å². The number of carbonyl (C=O) groups excluding carboxylic acids is 4. The molecule has 17 heteroatoms. The van der Waals surface area contributed by atoms with Crippen LogP contribution in [0.4, 0.5) is 9.18 Å². The van der Waals surface area contributed by atoms with Crippen molar-refractivity contribution in [2.24, 2.45) is 5.92 Å². The van der Waals surface area contributed by atoms with Crippen molar-refractivity contribution < 1.29 is 36.7 Å². The van der Waals surface area contributed by atoms with E-state index in [1.807, 2.05) is 53.9 Å². The number of hydrogen-bond donors (Lipinski definition) is 4. The SMILES string of the molecule is O=C(NCCF)N[C@H]1CCCCC/C=C\[C@@H]2C[C@@]2(C(=O)NS(=O)(=O)C2CC2)NC(=O)[C@@H]2C[C@@H](Oc3nc4ccccc4nc3/C=C/c3cccs3)CN2C1=O. The first-order chi connectivity index (χ1) is 26.6. The first-order valence-corrected chi connectivity index (χ1v) is 21.1. The average Bonchev–Trinajstić information content (AvgIpc) is 4.04. The molecule has 0 spiro atoms. The highest BCUT2D eigenvalue weighted by molar-refractivity contribution is 7.91. The fourth-order valence-corrected chi connectivity index (χ4v) is 9.10. The number of allylic oxidation sites excluding steroid dienone is 1. The number of sulfonamides is 1. The van der Waals surface area contributed by atoms with Gasteiger partial charge in [-0.15, -0.1) is 11.3 Å². The first kappa shape index (κ1) is 38.4. The highest BCUT2D eigenvalue weighted by atomic mass is 32.2. The third kappa shape index (κ3) is 8.99. The summed E-state index contributed by atoms with van der Waals surface area (Å²) in [5, 5.41) is 9.24. The number of fused-ring (bicyclic) bond motifs is 3. The number of rotatable bonds is 10. The lowest BCUT2D eigenvalue weighted by Gasteiger charge is -2.30. The van der Waals surface area contributed by atoms with Gasteiger partial charge in [0.25, 0.3) is 5.91 Å². The van der Waals surface area contributed by atoms with E-state index < -0.39 is 75.3 Å². The number of nitrogens with one attached hydrogen (secondary N) is 4. The molecular formula is C38H44FN7O7S2. The summed E-state index contributed by atoms with van der Waals surface area (Å²) in [4.78, 5) is 67.1. The Kier molecular flexibility index (Phi) is 11.5. The summed E-state index contributed by atoms with van der Waals surface area (Å²) in [6.07, 6.45) is 10.8. The molecule has 4 N–H and O–H groups in total. The number of benzene rings is 1. The van der Waals surface area contributed by atoms with Gasteiger partial charge in [-0.25, -0.2) is 27.6 Å². The van der Waals surface area contributed by atoms with Gasteiger partial charge in [-0.3, -0.25) is 19.1 Å². The molecule has 2 aromatic heterocycles. The number of thiophene rings is 1. The Labute approximate surface area is 322 Å². The van der Waals surface area contributed by atoms with Gasteiger partial charge in [0, 0.05) is 23.8 Å². The minimum Gasteiger partial charge on any atom is -0.471 e. The number of ether oxygens (including phenoxy) is 1. The van der Waals surface area contributed by atoms with E-state index in [2.05, 4.69) is 20.7 Å². The van der Waals surface area contributed by atoms with Crippen molar-refractivity contribution >= 4 is 68.3 Å². The van der Waals surface area contributed by atoms with Crippen LogP contribution in [-0.4, -0.2) is 95.8 Å². The van der Waals surface area contributed by atoms with E-state index in [1.165, 1.54) is 4.90 Å². The second-order valence-electron chi connectivity index (χ2n) is 14.4. The molecule has 14 nitrogen and oxygen atoms in total. The van der Waals surface area contributed by atoms with Gasteiger partial charge in [0.2, 0.25) is 27.7 Å². The number of hydrogen-bond acceptors (Lipinski definition) is 10. The molecule has 292 valence electrons. The average molecular weight is 794 g/mol. The molecule has 2 saturated carbocycles. The zero-order chi connectivity index (χ0) is 38.6. The Morgan fingerprint density at radius 1 is 1.05 bits per heavy atom. The lowest BCUT2D eigenvalue weighted by molar-refractivity contribution is -0.141. The maximum atomic E-state index is 14.4. The van der Waals surface area contributed by atoms with Crippen molar-refractivity contribution in [3.63, 3.8) is 0 Å². The Balaban J connectivity index is 1.20. The standard InChI is InChI=1S/C38H44FN7O7S2/c39-18-19-40-37(50)43-31-13-5-3-1-2-4-9-24-22-38(24,36(49)45-55(51,52)27-15-16-27)44-33(47)32-21-25(23-46(32)35(31)48)53-34-30(17-14-26-10-8-20-54-26)41-28-11-6-7-12-29(28)42-34/h4,6-12,14,17,20,24-25,27,31-32H,1-3,5,13,15-16,18-19,21-23H2,(H,44,47)(H,45,49)(H2,40,43,50)/b9-4-,17-14+/t24-,25-,31+,32+,38-/m1/s1. The topological polar surface area (TPSA) is 189 Å². The Morgan fingerprint density at radius 3 is 2.60 bits per heavy atom. The van der Waals surface area contributed by atoms with Crippen LogP contribution in [0.1, 0.15) is 68.4 Å². The van der Waals surface area contributed by atoms with E-state index in [0.29, 0.717) is 42.4 Å². The molecule has 0 unspecified atom stereocenters. The van der Waals surface area contributed by atoms with Crippen LogP contribution in [0, 0.1) is 5.92 Å². The van der Waals surface area contributed by atoms with Crippen LogP contribution in [0.5, 0.6) is 5.88 Å². The number of urea groups is 1. The van der Waals surface area contributed by atoms with E-state index >= 15 is 0 Å². The maximum absolute atomic E-state index is 14.4. The second-order valence-corrected chi connectivity index (χ2v) is 17.3. The van der Waals surface area contributed by atoms with Crippen molar-refractivity contribution in [3.8, 4) is 5.88 Å². The normalized spacial score (nSPS) is 26.6. The van der Waals surface area contributed by atoms with Crippen LogP contribution >= 0.6 is 11.3 Å². The summed E-state index contributed by atoms with van der Waals surface area (Å²) in [6, 6.07) is 8.29. The largest absolute Gasteiger partial charge is 0.471 e.